The van der Waals surface area contributed by atoms with Gasteiger partial charge in [0.15, 0.2) is 5.76 Å². The monoisotopic (exact) mass is 459 g/mol. The van der Waals surface area contributed by atoms with Crippen LogP contribution in [0.25, 0.3) is 12.2 Å². The average molecular weight is 460 g/mol. The number of sulfonamides is 1. The lowest BCUT2D eigenvalue weighted by atomic mass is 10.1. The summed E-state index contributed by atoms with van der Waals surface area (Å²) in [5.74, 6) is 0.268. The molecule has 0 saturated carbocycles. The Hall–Kier alpha value is -2.91. The van der Waals surface area contributed by atoms with Gasteiger partial charge in [-0.2, -0.15) is 0 Å². The topological polar surface area (TPSA) is 92.5 Å². The highest BCUT2D eigenvalue weighted by Gasteiger charge is 2.23. The second-order valence-electron chi connectivity index (χ2n) is 7.14. The van der Waals surface area contributed by atoms with Crippen LogP contribution in [0.2, 0.25) is 0 Å². The highest BCUT2D eigenvalue weighted by Crippen LogP contribution is 2.30. The van der Waals surface area contributed by atoms with Crippen molar-refractivity contribution < 1.29 is 17.7 Å². The van der Waals surface area contributed by atoms with E-state index in [9.17, 15) is 13.2 Å². The maximum absolute atomic E-state index is 13.1. The van der Waals surface area contributed by atoms with Crippen LogP contribution in [0, 0.1) is 20.8 Å². The molecule has 7 nitrogen and oxygen atoms in total. The van der Waals surface area contributed by atoms with Gasteiger partial charge in [0.2, 0.25) is 5.91 Å². The molecule has 0 fully saturated rings. The minimum Gasteiger partial charge on any atom is -0.354 e. The van der Waals surface area contributed by atoms with E-state index in [-0.39, 0.29) is 10.1 Å². The zero-order valence-electron chi connectivity index (χ0n) is 18.1. The number of aromatic nitrogens is 1. The molecule has 0 aliphatic carbocycles. The molecule has 0 saturated heterocycles. The van der Waals surface area contributed by atoms with Gasteiger partial charge in [-0.15, -0.1) is 11.3 Å². The van der Waals surface area contributed by atoms with Crippen molar-refractivity contribution in [3.8, 4) is 0 Å². The van der Waals surface area contributed by atoms with Gasteiger partial charge in [-0.05, 0) is 68.3 Å². The van der Waals surface area contributed by atoms with Gasteiger partial charge in [0.25, 0.3) is 10.0 Å². The molecule has 1 aromatic carbocycles. The predicted molar refractivity (Wildman–Crippen MR) is 125 cm³/mol. The number of rotatable bonds is 7. The van der Waals surface area contributed by atoms with E-state index in [4.69, 9.17) is 4.52 Å². The van der Waals surface area contributed by atoms with Crippen molar-refractivity contribution in [1.29, 1.82) is 0 Å². The van der Waals surface area contributed by atoms with Crippen LogP contribution in [0.3, 0.4) is 0 Å². The van der Waals surface area contributed by atoms with E-state index in [2.05, 4.69) is 10.5 Å². The molecule has 0 aliphatic heterocycles. The van der Waals surface area contributed by atoms with Gasteiger partial charge in [-0.3, -0.25) is 9.10 Å². The Morgan fingerprint density at radius 2 is 1.90 bits per heavy atom. The summed E-state index contributed by atoms with van der Waals surface area (Å²) in [5, 5.41) is 6.66. The summed E-state index contributed by atoms with van der Waals surface area (Å²) in [5.41, 5.74) is 3.84. The molecule has 164 valence electrons. The number of nitrogens with zero attached hydrogens (tertiary/aromatic N) is 2. The van der Waals surface area contributed by atoms with Crippen molar-refractivity contribution in [2.45, 2.75) is 38.3 Å². The van der Waals surface area contributed by atoms with E-state index in [0.717, 1.165) is 27.3 Å². The van der Waals surface area contributed by atoms with E-state index in [1.807, 2.05) is 26.0 Å². The summed E-state index contributed by atoms with van der Waals surface area (Å²) < 4.78 is 32.9. The molecule has 0 bridgehead atoms. The largest absolute Gasteiger partial charge is 0.354 e. The average Bonchev–Trinajstić information content (AvgIpc) is 3.35. The number of carbonyl (C=O) groups is 1. The third kappa shape index (κ3) is 4.88. The predicted octanol–water partition coefficient (Wildman–Crippen LogP) is 5.01. The number of thiophene rings is 1. The van der Waals surface area contributed by atoms with Crippen molar-refractivity contribution in [3.63, 3.8) is 0 Å². The minimum absolute atomic E-state index is 0.139. The second-order valence-corrected chi connectivity index (χ2v) is 10.5. The van der Waals surface area contributed by atoms with E-state index in [1.54, 1.807) is 51.2 Å². The molecule has 3 rings (SSSR count). The Morgan fingerprint density at radius 3 is 2.58 bits per heavy atom. The Morgan fingerprint density at radius 1 is 1.16 bits per heavy atom. The van der Waals surface area contributed by atoms with Gasteiger partial charge in [0.05, 0.1) is 5.69 Å². The number of nitrogens with one attached hydrogen (secondary N) is 1. The van der Waals surface area contributed by atoms with Crippen molar-refractivity contribution >= 4 is 50.8 Å². The molecule has 0 spiro atoms. The fraction of sp³-hybridized carbons (Fsp3) is 0.273. The lowest BCUT2D eigenvalue weighted by molar-refractivity contribution is -0.115. The molecular formula is C22H25N3O4S2. The molecule has 0 atom stereocenters. The first-order valence-corrected chi connectivity index (χ1v) is 12.0. The van der Waals surface area contributed by atoms with Crippen LogP contribution in [-0.4, -0.2) is 26.5 Å². The summed E-state index contributed by atoms with van der Waals surface area (Å²) in [4.78, 5) is 12.4. The maximum Gasteiger partial charge on any atom is 0.273 e. The van der Waals surface area contributed by atoms with Crippen molar-refractivity contribution in [3.05, 3.63) is 57.8 Å². The molecular weight excluding hydrogens is 434 g/mol. The van der Waals surface area contributed by atoms with Crippen LogP contribution in [0.4, 0.5) is 11.4 Å². The van der Waals surface area contributed by atoms with Crippen molar-refractivity contribution in [1.82, 2.24) is 5.16 Å². The van der Waals surface area contributed by atoms with Crippen LogP contribution >= 0.6 is 11.3 Å². The van der Waals surface area contributed by atoms with Gasteiger partial charge >= 0.3 is 0 Å². The number of anilines is 2. The maximum atomic E-state index is 13.1. The van der Waals surface area contributed by atoms with Crippen LogP contribution in [0.5, 0.6) is 0 Å². The molecule has 3 aromatic rings. The number of amides is 1. The molecule has 1 N–H and O–H groups in total. The van der Waals surface area contributed by atoms with Crippen molar-refractivity contribution in [2.24, 2.45) is 0 Å². The first-order chi connectivity index (χ1) is 14.6. The van der Waals surface area contributed by atoms with E-state index in [0.29, 0.717) is 29.2 Å². The third-order valence-corrected chi connectivity index (χ3v) is 8.25. The normalized spacial score (nSPS) is 11.8. The fourth-order valence-corrected chi connectivity index (χ4v) is 5.38. The van der Waals surface area contributed by atoms with Crippen LogP contribution in [0.15, 0.2) is 39.1 Å². The lowest BCUT2D eigenvalue weighted by Gasteiger charge is -2.19. The van der Waals surface area contributed by atoms with Gasteiger partial charge in [0, 0.05) is 18.3 Å². The quantitative estimate of drug-likeness (QED) is 0.536. The number of hydrogen-bond acceptors (Lipinski definition) is 6. The first-order valence-electron chi connectivity index (χ1n) is 9.73. The zero-order chi connectivity index (χ0) is 22.8. The molecule has 31 heavy (non-hydrogen) atoms. The first kappa shape index (κ1) is 22.8. The zero-order valence-corrected chi connectivity index (χ0v) is 19.7. The summed E-state index contributed by atoms with van der Waals surface area (Å²) in [7, 11) is -2.13. The van der Waals surface area contributed by atoms with Gasteiger partial charge in [-0.1, -0.05) is 18.1 Å². The molecule has 0 unspecified atom stereocenters. The summed E-state index contributed by atoms with van der Waals surface area (Å²) in [6.45, 7) is 7.44. The minimum atomic E-state index is -3.68. The molecule has 2 aromatic heterocycles. The second kappa shape index (κ2) is 9.07. The van der Waals surface area contributed by atoms with Gasteiger partial charge in [0.1, 0.15) is 15.6 Å². The van der Waals surface area contributed by atoms with E-state index < -0.39 is 10.0 Å². The van der Waals surface area contributed by atoms with E-state index >= 15 is 0 Å². The smallest absolute Gasteiger partial charge is 0.273 e. The highest BCUT2D eigenvalue weighted by atomic mass is 32.2. The number of aryl methyl sites for hydroxylation is 3. The lowest BCUT2D eigenvalue weighted by Crippen LogP contribution is -2.25. The van der Waals surface area contributed by atoms with Gasteiger partial charge < -0.3 is 9.84 Å². The van der Waals surface area contributed by atoms with Gasteiger partial charge in [-0.25, -0.2) is 8.42 Å². The molecule has 9 heteroatoms. The molecule has 0 aliphatic rings. The number of benzene rings is 1. The van der Waals surface area contributed by atoms with E-state index in [1.165, 1.54) is 4.31 Å². The highest BCUT2D eigenvalue weighted by molar-refractivity contribution is 7.94. The summed E-state index contributed by atoms with van der Waals surface area (Å²) >= 11 is 1.15. The molecule has 2 heterocycles. The van der Waals surface area contributed by atoms with Crippen LogP contribution in [0.1, 0.15) is 40.8 Å². The Bertz CT molecular complexity index is 1240. The molecule has 0 radical (unpaired) electrons. The summed E-state index contributed by atoms with van der Waals surface area (Å²) in [6, 6.07) is 8.89. The Labute approximate surface area is 186 Å². The number of carbonyl (C=O) groups excluding carboxylic acids is 1. The fourth-order valence-electron chi connectivity index (χ4n) is 2.80. The molecule has 1 amide bonds. The Kier molecular flexibility index (Phi) is 6.66. The van der Waals surface area contributed by atoms with Crippen molar-refractivity contribution in [2.75, 3.05) is 16.7 Å². The van der Waals surface area contributed by atoms with Crippen LogP contribution < -0.4 is 9.62 Å². The summed E-state index contributed by atoms with van der Waals surface area (Å²) in [6.07, 6.45) is 3.75. The SMILES string of the molecule is CCC(=O)Nc1c(C)noc1/C=C/c1ccc(S(=O)(=O)N(C)c2ccc(C)c(C)c2)s1. The number of hydrogen-bond donors (Lipinski definition) is 1. The van der Waals surface area contributed by atoms with Crippen LogP contribution in [-0.2, 0) is 14.8 Å². The third-order valence-electron chi connectivity index (χ3n) is 4.94. The standard InChI is InChI=1S/C22H25N3O4S2/c1-6-20(26)23-22-16(4)24-29-19(22)11-9-18-10-12-21(30-18)31(27,28)25(5)17-8-7-14(2)15(3)13-17/h7-13H,6H2,1-5H3,(H,23,26)/b11-9+. The Balaban J connectivity index is 1.83.